The standard InChI is InChI=1S/C18H16ClN3O4S/c1-11-16(17(22-26-11)14-7-2-3-8-15(14)19)18(23)21-10-12-5-4-6-13(9-12)27(20,24)25/h2-9H,10H2,1H3,(H,21,23)(H2,20,24,25). The second-order valence-electron chi connectivity index (χ2n) is 5.82. The number of hydrogen-bond acceptors (Lipinski definition) is 5. The van der Waals surface area contributed by atoms with Gasteiger partial charge in [0.25, 0.3) is 5.91 Å². The summed E-state index contributed by atoms with van der Waals surface area (Å²) in [6, 6.07) is 13.0. The Labute approximate surface area is 161 Å². The van der Waals surface area contributed by atoms with E-state index in [1.54, 1.807) is 43.3 Å². The maximum absolute atomic E-state index is 12.7. The van der Waals surface area contributed by atoms with Crippen LogP contribution in [0.25, 0.3) is 11.3 Å². The fourth-order valence-corrected chi connectivity index (χ4v) is 3.39. The molecule has 0 bridgehead atoms. The molecule has 0 aliphatic heterocycles. The Morgan fingerprint density at radius 3 is 2.67 bits per heavy atom. The third-order valence-corrected chi connectivity index (χ3v) is 5.14. The van der Waals surface area contributed by atoms with Gasteiger partial charge in [-0.2, -0.15) is 0 Å². The maximum atomic E-state index is 12.7. The Morgan fingerprint density at radius 2 is 1.96 bits per heavy atom. The summed E-state index contributed by atoms with van der Waals surface area (Å²) in [5, 5.41) is 12.3. The van der Waals surface area contributed by atoms with Gasteiger partial charge in [-0.15, -0.1) is 0 Å². The summed E-state index contributed by atoms with van der Waals surface area (Å²) in [6.45, 7) is 1.73. The second-order valence-corrected chi connectivity index (χ2v) is 7.79. The first-order chi connectivity index (χ1) is 12.8. The molecule has 140 valence electrons. The highest BCUT2D eigenvalue weighted by atomic mass is 35.5. The maximum Gasteiger partial charge on any atom is 0.257 e. The van der Waals surface area contributed by atoms with Gasteiger partial charge < -0.3 is 9.84 Å². The van der Waals surface area contributed by atoms with Crippen LogP contribution in [0, 0.1) is 6.92 Å². The van der Waals surface area contributed by atoms with E-state index in [4.69, 9.17) is 21.3 Å². The highest BCUT2D eigenvalue weighted by molar-refractivity contribution is 7.89. The molecule has 0 unspecified atom stereocenters. The number of aromatic nitrogens is 1. The molecular formula is C18H16ClN3O4S. The molecule has 0 saturated heterocycles. The Balaban J connectivity index is 1.84. The molecule has 0 aliphatic rings. The molecule has 9 heteroatoms. The molecule has 0 radical (unpaired) electrons. The Morgan fingerprint density at radius 1 is 1.22 bits per heavy atom. The third-order valence-electron chi connectivity index (χ3n) is 3.90. The van der Waals surface area contributed by atoms with Crippen molar-refractivity contribution in [1.29, 1.82) is 0 Å². The quantitative estimate of drug-likeness (QED) is 0.677. The molecule has 1 aromatic heterocycles. The SMILES string of the molecule is Cc1onc(-c2ccccc2Cl)c1C(=O)NCc1cccc(S(N)(=O)=O)c1. The minimum atomic E-state index is -3.81. The third kappa shape index (κ3) is 4.19. The van der Waals surface area contributed by atoms with Gasteiger partial charge in [0.1, 0.15) is 17.0 Å². The van der Waals surface area contributed by atoms with Crippen LogP contribution >= 0.6 is 11.6 Å². The zero-order valence-corrected chi connectivity index (χ0v) is 15.8. The predicted octanol–water partition coefficient (Wildman–Crippen LogP) is 2.88. The van der Waals surface area contributed by atoms with Crippen molar-refractivity contribution in [2.75, 3.05) is 0 Å². The number of nitrogens with one attached hydrogen (secondary N) is 1. The zero-order chi connectivity index (χ0) is 19.6. The van der Waals surface area contributed by atoms with Crippen LogP contribution in [0.5, 0.6) is 0 Å². The fraction of sp³-hybridized carbons (Fsp3) is 0.111. The van der Waals surface area contributed by atoms with Gasteiger partial charge in [0.2, 0.25) is 10.0 Å². The number of amides is 1. The molecule has 0 aliphatic carbocycles. The highest BCUT2D eigenvalue weighted by Gasteiger charge is 2.22. The molecule has 27 heavy (non-hydrogen) atoms. The number of carbonyl (C=O) groups excluding carboxylic acids is 1. The predicted molar refractivity (Wildman–Crippen MR) is 101 cm³/mol. The van der Waals surface area contributed by atoms with Gasteiger partial charge in [0, 0.05) is 12.1 Å². The summed E-state index contributed by atoms with van der Waals surface area (Å²) in [7, 11) is -3.81. The van der Waals surface area contributed by atoms with E-state index in [1.165, 1.54) is 12.1 Å². The minimum absolute atomic E-state index is 0.0211. The summed E-state index contributed by atoms with van der Waals surface area (Å²) >= 11 is 6.20. The monoisotopic (exact) mass is 405 g/mol. The van der Waals surface area contributed by atoms with Crippen molar-refractivity contribution in [2.24, 2.45) is 5.14 Å². The van der Waals surface area contributed by atoms with E-state index in [1.807, 2.05) is 0 Å². The van der Waals surface area contributed by atoms with Gasteiger partial charge in [-0.25, -0.2) is 13.6 Å². The normalized spacial score (nSPS) is 11.4. The summed E-state index contributed by atoms with van der Waals surface area (Å²) in [5.74, 6) is -0.0645. The molecule has 3 rings (SSSR count). The first-order valence-electron chi connectivity index (χ1n) is 7.88. The van der Waals surface area contributed by atoms with Crippen LogP contribution in [0.1, 0.15) is 21.7 Å². The van der Waals surface area contributed by atoms with Crippen LogP contribution in [0.4, 0.5) is 0 Å². The van der Waals surface area contributed by atoms with E-state index < -0.39 is 15.9 Å². The number of hydrogen-bond donors (Lipinski definition) is 2. The lowest BCUT2D eigenvalue weighted by Gasteiger charge is -2.08. The Hall–Kier alpha value is -2.68. The lowest BCUT2D eigenvalue weighted by Crippen LogP contribution is -2.24. The average molecular weight is 406 g/mol. The molecule has 3 aromatic rings. The molecule has 0 fully saturated rings. The lowest BCUT2D eigenvalue weighted by molar-refractivity contribution is 0.0950. The van der Waals surface area contributed by atoms with Crippen LogP contribution in [-0.4, -0.2) is 19.5 Å². The van der Waals surface area contributed by atoms with Gasteiger partial charge in [0.15, 0.2) is 0 Å². The summed E-state index contributed by atoms with van der Waals surface area (Å²) in [6.07, 6.45) is 0. The Kier molecular flexibility index (Phi) is 5.31. The summed E-state index contributed by atoms with van der Waals surface area (Å²) in [5.41, 5.74) is 1.78. The fourth-order valence-electron chi connectivity index (χ4n) is 2.58. The van der Waals surface area contributed by atoms with E-state index in [0.717, 1.165) is 0 Å². The number of rotatable bonds is 5. The lowest BCUT2D eigenvalue weighted by atomic mass is 10.1. The van der Waals surface area contributed by atoms with Crippen LogP contribution in [0.2, 0.25) is 5.02 Å². The molecule has 7 nitrogen and oxygen atoms in total. The smallest absolute Gasteiger partial charge is 0.257 e. The van der Waals surface area contributed by atoms with Gasteiger partial charge >= 0.3 is 0 Å². The van der Waals surface area contributed by atoms with Gasteiger partial charge in [0.05, 0.1) is 9.92 Å². The van der Waals surface area contributed by atoms with Gasteiger partial charge in [-0.1, -0.05) is 47.1 Å². The molecular weight excluding hydrogens is 390 g/mol. The number of halogens is 1. The van der Waals surface area contributed by atoms with Gasteiger partial charge in [-0.05, 0) is 30.7 Å². The average Bonchev–Trinajstić information content (AvgIpc) is 3.01. The topological polar surface area (TPSA) is 115 Å². The van der Waals surface area contributed by atoms with E-state index in [2.05, 4.69) is 10.5 Å². The van der Waals surface area contributed by atoms with E-state index in [9.17, 15) is 13.2 Å². The van der Waals surface area contributed by atoms with Crippen molar-refractivity contribution in [1.82, 2.24) is 10.5 Å². The molecule has 1 amide bonds. The van der Waals surface area contributed by atoms with Crippen LogP contribution in [0.3, 0.4) is 0 Å². The Bertz CT molecular complexity index is 1110. The summed E-state index contributed by atoms with van der Waals surface area (Å²) in [4.78, 5) is 12.7. The van der Waals surface area contributed by atoms with Crippen molar-refractivity contribution in [3.63, 3.8) is 0 Å². The van der Waals surface area contributed by atoms with Crippen LogP contribution in [-0.2, 0) is 16.6 Å². The van der Waals surface area contributed by atoms with Crippen molar-refractivity contribution >= 4 is 27.5 Å². The van der Waals surface area contributed by atoms with Crippen molar-refractivity contribution in [3.05, 3.63) is 70.4 Å². The zero-order valence-electron chi connectivity index (χ0n) is 14.3. The molecule has 0 saturated carbocycles. The summed E-state index contributed by atoms with van der Waals surface area (Å²) < 4.78 is 28.1. The molecule has 0 atom stereocenters. The van der Waals surface area contributed by atoms with Crippen molar-refractivity contribution < 1.29 is 17.7 Å². The minimum Gasteiger partial charge on any atom is -0.360 e. The molecule has 2 aromatic carbocycles. The number of nitrogens with zero attached hydrogens (tertiary/aromatic N) is 1. The van der Waals surface area contributed by atoms with E-state index in [0.29, 0.717) is 27.6 Å². The van der Waals surface area contributed by atoms with Crippen molar-refractivity contribution in [2.45, 2.75) is 18.4 Å². The number of carbonyl (C=O) groups is 1. The molecule has 3 N–H and O–H groups in total. The number of benzene rings is 2. The molecule has 0 spiro atoms. The molecule has 1 heterocycles. The van der Waals surface area contributed by atoms with Crippen LogP contribution in [0.15, 0.2) is 57.9 Å². The number of aryl methyl sites for hydroxylation is 1. The highest BCUT2D eigenvalue weighted by Crippen LogP contribution is 2.30. The van der Waals surface area contributed by atoms with E-state index in [-0.39, 0.29) is 17.0 Å². The van der Waals surface area contributed by atoms with E-state index >= 15 is 0 Å². The van der Waals surface area contributed by atoms with Gasteiger partial charge in [-0.3, -0.25) is 4.79 Å². The number of sulfonamides is 1. The first kappa shape index (κ1) is 19.1. The number of primary sulfonamides is 1. The number of nitrogens with two attached hydrogens (primary N) is 1. The largest absolute Gasteiger partial charge is 0.360 e. The second kappa shape index (κ2) is 7.51. The van der Waals surface area contributed by atoms with Crippen molar-refractivity contribution in [3.8, 4) is 11.3 Å². The van der Waals surface area contributed by atoms with Crippen LogP contribution < -0.4 is 10.5 Å². The first-order valence-corrected chi connectivity index (χ1v) is 9.81.